The summed E-state index contributed by atoms with van der Waals surface area (Å²) in [6, 6.07) is 16.4. The van der Waals surface area contributed by atoms with Crippen molar-refractivity contribution in [2.75, 3.05) is 46.9 Å². The Bertz CT molecular complexity index is 782. The molecule has 3 rings (SSSR count). The molecule has 0 aromatic heterocycles. The lowest BCUT2D eigenvalue weighted by Gasteiger charge is -2.22. The number of methoxy groups -OCH3 is 2. The number of rotatable bonds is 7. The lowest BCUT2D eigenvalue weighted by Crippen LogP contribution is -2.42. The van der Waals surface area contributed by atoms with Gasteiger partial charge < -0.3 is 19.7 Å². The van der Waals surface area contributed by atoms with Gasteiger partial charge in [0.25, 0.3) is 0 Å². The average Bonchev–Trinajstić information content (AvgIpc) is 3.00. The first-order chi connectivity index (χ1) is 14.2. The van der Waals surface area contributed by atoms with Gasteiger partial charge in [-0.25, -0.2) is 4.79 Å². The highest BCUT2D eigenvalue weighted by Gasteiger charge is 2.19. The summed E-state index contributed by atoms with van der Waals surface area (Å²) in [5, 5.41) is 3.06. The first-order valence-electron chi connectivity index (χ1n) is 10.2. The number of urea groups is 1. The average molecular weight is 398 g/mol. The molecule has 0 spiro atoms. The molecule has 1 fully saturated rings. The van der Waals surface area contributed by atoms with Crippen molar-refractivity contribution in [3.63, 3.8) is 0 Å². The number of hydrogen-bond donors (Lipinski definition) is 1. The molecule has 6 nitrogen and oxygen atoms in total. The fourth-order valence-electron chi connectivity index (χ4n) is 3.64. The first kappa shape index (κ1) is 21.0. The lowest BCUT2D eigenvalue weighted by atomic mass is 10.1. The zero-order valence-electron chi connectivity index (χ0n) is 17.4. The van der Waals surface area contributed by atoms with E-state index in [1.165, 1.54) is 5.56 Å². The normalized spacial score (nSPS) is 14.9. The number of nitrogens with one attached hydrogen (secondary N) is 1. The zero-order chi connectivity index (χ0) is 20.5. The minimum absolute atomic E-state index is 0.0204. The third-order valence-electron chi connectivity index (χ3n) is 5.26. The first-order valence-corrected chi connectivity index (χ1v) is 10.2. The van der Waals surface area contributed by atoms with Crippen LogP contribution in [0.5, 0.6) is 11.5 Å². The van der Waals surface area contributed by atoms with E-state index in [1.807, 2.05) is 29.2 Å². The molecule has 2 aromatic carbocycles. The van der Waals surface area contributed by atoms with Crippen molar-refractivity contribution in [3.05, 3.63) is 59.7 Å². The lowest BCUT2D eigenvalue weighted by molar-refractivity contribution is 0.198. The summed E-state index contributed by atoms with van der Waals surface area (Å²) < 4.78 is 10.6. The van der Waals surface area contributed by atoms with Crippen LogP contribution in [-0.2, 0) is 13.0 Å². The van der Waals surface area contributed by atoms with E-state index in [4.69, 9.17) is 9.47 Å². The smallest absolute Gasteiger partial charge is 0.317 e. The molecule has 0 unspecified atom stereocenters. The molecule has 1 N–H and O–H groups in total. The van der Waals surface area contributed by atoms with Crippen LogP contribution in [0.3, 0.4) is 0 Å². The van der Waals surface area contributed by atoms with E-state index in [9.17, 15) is 4.79 Å². The van der Waals surface area contributed by atoms with Gasteiger partial charge in [-0.2, -0.15) is 0 Å². The van der Waals surface area contributed by atoms with Crippen LogP contribution in [0, 0.1) is 0 Å². The number of carbonyl (C=O) groups is 1. The molecular weight excluding hydrogens is 366 g/mol. The van der Waals surface area contributed by atoms with Gasteiger partial charge in [-0.1, -0.05) is 36.4 Å². The summed E-state index contributed by atoms with van der Waals surface area (Å²) in [6.07, 6.45) is 1.75. The quantitative estimate of drug-likeness (QED) is 0.780. The third kappa shape index (κ3) is 6.12. The summed E-state index contributed by atoms with van der Waals surface area (Å²) in [5.74, 6) is 1.42. The molecule has 1 saturated heterocycles. The number of amides is 2. The Morgan fingerprint density at radius 2 is 1.72 bits per heavy atom. The number of ether oxygens (including phenoxy) is 2. The Hall–Kier alpha value is -2.73. The van der Waals surface area contributed by atoms with Crippen molar-refractivity contribution in [1.82, 2.24) is 15.1 Å². The van der Waals surface area contributed by atoms with Crippen LogP contribution < -0.4 is 14.8 Å². The largest absolute Gasteiger partial charge is 0.493 e. The van der Waals surface area contributed by atoms with Crippen molar-refractivity contribution in [1.29, 1.82) is 0 Å². The summed E-state index contributed by atoms with van der Waals surface area (Å²) in [4.78, 5) is 16.9. The molecule has 2 aromatic rings. The molecule has 0 aliphatic carbocycles. The van der Waals surface area contributed by atoms with E-state index in [-0.39, 0.29) is 6.03 Å². The van der Waals surface area contributed by atoms with Gasteiger partial charge in [0.1, 0.15) is 0 Å². The zero-order valence-corrected chi connectivity index (χ0v) is 17.4. The van der Waals surface area contributed by atoms with Crippen molar-refractivity contribution >= 4 is 6.03 Å². The summed E-state index contributed by atoms with van der Waals surface area (Å²) in [5.41, 5.74) is 2.42. The molecule has 6 heteroatoms. The minimum Gasteiger partial charge on any atom is -0.493 e. The maximum Gasteiger partial charge on any atom is 0.317 e. The van der Waals surface area contributed by atoms with Crippen molar-refractivity contribution in [2.24, 2.45) is 0 Å². The number of benzene rings is 2. The Morgan fingerprint density at radius 1 is 0.931 bits per heavy atom. The molecule has 156 valence electrons. The molecular formula is C23H31N3O3. The van der Waals surface area contributed by atoms with Gasteiger partial charge in [-0.05, 0) is 36.1 Å². The SMILES string of the molecule is COc1ccc(CCNC(=O)N2CCCN(Cc3ccccc3)CC2)cc1OC. The second-order valence-corrected chi connectivity index (χ2v) is 7.27. The van der Waals surface area contributed by atoms with Crippen LogP contribution in [0.1, 0.15) is 17.5 Å². The monoisotopic (exact) mass is 397 g/mol. The van der Waals surface area contributed by atoms with Gasteiger partial charge >= 0.3 is 6.03 Å². The van der Waals surface area contributed by atoms with E-state index >= 15 is 0 Å². The predicted octanol–water partition coefficient (Wildman–Crippen LogP) is 3.16. The molecule has 0 saturated carbocycles. The topological polar surface area (TPSA) is 54.0 Å². The van der Waals surface area contributed by atoms with Crippen LogP contribution in [0.25, 0.3) is 0 Å². The van der Waals surface area contributed by atoms with E-state index in [1.54, 1.807) is 14.2 Å². The molecule has 0 atom stereocenters. The van der Waals surface area contributed by atoms with Crippen molar-refractivity contribution in [3.8, 4) is 11.5 Å². The standard InChI is InChI=1S/C23H31N3O3/c1-28-21-10-9-19(17-22(21)29-2)11-12-24-23(27)26-14-6-13-25(15-16-26)18-20-7-4-3-5-8-20/h3-5,7-10,17H,6,11-16,18H2,1-2H3,(H,24,27). The highest BCUT2D eigenvalue weighted by atomic mass is 16.5. The van der Waals surface area contributed by atoms with Gasteiger partial charge in [0.2, 0.25) is 0 Å². The van der Waals surface area contributed by atoms with Gasteiger partial charge in [0.05, 0.1) is 14.2 Å². The van der Waals surface area contributed by atoms with E-state index in [2.05, 4.69) is 34.5 Å². The Kier molecular flexibility index (Phi) is 7.76. The third-order valence-corrected chi connectivity index (χ3v) is 5.26. The van der Waals surface area contributed by atoms with Crippen LogP contribution >= 0.6 is 0 Å². The van der Waals surface area contributed by atoms with Crippen LogP contribution in [0.2, 0.25) is 0 Å². The number of carbonyl (C=O) groups excluding carboxylic acids is 1. The van der Waals surface area contributed by atoms with Gasteiger partial charge in [-0.3, -0.25) is 4.90 Å². The molecule has 1 heterocycles. The van der Waals surface area contributed by atoms with E-state index in [0.717, 1.165) is 51.1 Å². The fraction of sp³-hybridized carbons (Fsp3) is 0.435. The van der Waals surface area contributed by atoms with Crippen molar-refractivity contribution < 1.29 is 14.3 Å². The minimum atomic E-state index is 0.0204. The van der Waals surface area contributed by atoms with E-state index in [0.29, 0.717) is 18.0 Å². The molecule has 1 aliphatic heterocycles. The molecule has 0 bridgehead atoms. The van der Waals surface area contributed by atoms with Crippen LogP contribution in [0.15, 0.2) is 48.5 Å². The molecule has 1 aliphatic rings. The highest BCUT2D eigenvalue weighted by Crippen LogP contribution is 2.27. The Labute approximate surface area is 173 Å². The Balaban J connectivity index is 1.44. The number of nitrogens with zero attached hydrogens (tertiary/aromatic N) is 2. The predicted molar refractivity (Wildman–Crippen MR) is 115 cm³/mol. The maximum atomic E-state index is 12.6. The summed E-state index contributed by atoms with van der Waals surface area (Å²) in [7, 11) is 3.25. The second-order valence-electron chi connectivity index (χ2n) is 7.27. The second kappa shape index (κ2) is 10.7. The maximum absolute atomic E-state index is 12.6. The van der Waals surface area contributed by atoms with Crippen LogP contribution in [0.4, 0.5) is 4.79 Å². The van der Waals surface area contributed by atoms with Crippen molar-refractivity contribution in [2.45, 2.75) is 19.4 Å². The summed E-state index contributed by atoms with van der Waals surface area (Å²) >= 11 is 0. The number of hydrogen-bond acceptors (Lipinski definition) is 4. The summed E-state index contributed by atoms with van der Waals surface area (Å²) in [6.45, 7) is 5.01. The van der Waals surface area contributed by atoms with Gasteiger partial charge in [-0.15, -0.1) is 0 Å². The molecule has 2 amide bonds. The fourth-order valence-corrected chi connectivity index (χ4v) is 3.64. The van der Waals surface area contributed by atoms with Gasteiger partial charge in [0.15, 0.2) is 11.5 Å². The molecule has 0 radical (unpaired) electrons. The highest BCUT2D eigenvalue weighted by molar-refractivity contribution is 5.74. The Morgan fingerprint density at radius 3 is 2.48 bits per heavy atom. The van der Waals surface area contributed by atoms with Crippen LogP contribution in [-0.4, -0.2) is 62.8 Å². The van der Waals surface area contributed by atoms with Gasteiger partial charge in [0, 0.05) is 39.3 Å². The van der Waals surface area contributed by atoms with E-state index < -0.39 is 0 Å². The molecule has 29 heavy (non-hydrogen) atoms.